The minimum atomic E-state index is -2.38. The standard InChI is InChI=1S/C51H84N2O39/c1-51(2,3)92-50(77)53-12(42(75)76)4-20(60)52-5-13-35-21(61)28(68)43(78-13)86-36-14(6-54)80-45(30(70)23(36)63)88-38-16(8-56)82-47(32(72)25(38)65)90-40-18(10-58)84-49(34(74)27(40)67)91-41-19(11-59)83-48(33(73)26(41)66)89-39-17(9-57)81-46(31(71)24(39)64)87-37-15(7-55)79-44(85-35)29(69)22(37)62/h12-19,21-41,43-49,54-59,61-74H,4-11H2,1-3H3,(H,52,60)(H,53,77)(H,75,76)/t12?,13-,14-,15-,16-,17-,18-,19-,21-,22-,23-,24-,25-,26-,27-,28-,29-,30-,31-,32-,33-,34-,35-,36-,37-,38-,39-,40-,41-,43-,44-,45-,46-,47-,48-,49-/m1/s1. The summed E-state index contributed by atoms with van der Waals surface area (Å²) in [5, 5.41) is 238. The van der Waals surface area contributed by atoms with Crippen LogP contribution < -0.4 is 10.6 Å². The molecule has 21 heterocycles. The molecule has 41 nitrogen and oxygen atoms in total. The first-order valence-corrected chi connectivity index (χ1v) is 29.2. The van der Waals surface area contributed by atoms with E-state index >= 15 is 0 Å². The van der Waals surface area contributed by atoms with Crippen LogP contribution in [-0.2, 0) is 80.6 Å². The van der Waals surface area contributed by atoms with Crippen LogP contribution in [0.1, 0.15) is 27.2 Å². The number of rotatable bonds is 12. The maximum atomic E-state index is 13.4. The molecular weight excluding hydrogens is 1260 g/mol. The fraction of sp³-hybridized carbons (Fsp3) is 0.941. The Balaban J connectivity index is 1.10. The molecule has 2 amide bonds. The summed E-state index contributed by atoms with van der Waals surface area (Å²) in [4.78, 5) is 38.1. The van der Waals surface area contributed by atoms with E-state index in [1.54, 1.807) is 0 Å². The smallest absolute Gasteiger partial charge is 0.408 e. The van der Waals surface area contributed by atoms with Crippen molar-refractivity contribution in [2.24, 2.45) is 0 Å². The lowest BCUT2D eigenvalue weighted by Crippen LogP contribution is -2.68. The molecule has 21 aliphatic heterocycles. The van der Waals surface area contributed by atoms with Crippen molar-refractivity contribution < 1.29 is 193 Å². The van der Waals surface area contributed by atoms with Gasteiger partial charge in [0.05, 0.1) is 46.1 Å². The second-order valence-electron chi connectivity index (χ2n) is 24.0. The van der Waals surface area contributed by atoms with Crippen LogP contribution >= 0.6 is 0 Å². The van der Waals surface area contributed by atoms with Gasteiger partial charge in [0.2, 0.25) is 5.91 Å². The van der Waals surface area contributed by atoms with Crippen molar-refractivity contribution in [3.05, 3.63) is 0 Å². The summed E-state index contributed by atoms with van der Waals surface area (Å²) in [5.74, 6) is -2.86. The molecule has 14 bridgehead atoms. The molecule has 0 radical (unpaired) electrons. The molecule has 0 spiro atoms. The number of nitrogens with one attached hydrogen (secondary N) is 2. The highest BCUT2D eigenvalue weighted by atomic mass is 16.8. The molecule has 0 aliphatic carbocycles. The van der Waals surface area contributed by atoms with E-state index < -0.39 is 297 Å². The van der Waals surface area contributed by atoms with Crippen LogP contribution in [0.5, 0.6) is 0 Å². The van der Waals surface area contributed by atoms with Crippen LogP contribution in [0.15, 0.2) is 0 Å². The van der Waals surface area contributed by atoms with Gasteiger partial charge < -0.3 is 189 Å². The Hall–Kier alpha value is -3.15. The lowest BCUT2D eigenvalue weighted by atomic mass is 9.95. The lowest BCUT2D eigenvalue weighted by Gasteiger charge is -2.50. The van der Waals surface area contributed by atoms with Gasteiger partial charge in [0.15, 0.2) is 44.0 Å². The summed E-state index contributed by atoms with van der Waals surface area (Å²) in [5.41, 5.74) is -1.11. The van der Waals surface area contributed by atoms with Crippen molar-refractivity contribution in [3.8, 4) is 0 Å². The second kappa shape index (κ2) is 31.6. The number of carbonyl (C=O) groups is 3. The molecule has 21 rings (SSSR count). The maximum absolute atomic E-state index is 13.4. The van der Waals surface area contributed by atoms with Gasteiger partial charge in [-0.15, -0.1) is 0 Å². The number of carboxylic acids is 1. The van der Waals surface area contributed by atoms with E-state index in [0.29, 0.717) is 0 Å². The molecule has 0 aromatic rings. The van der Waals surface area contributed by atoms with Gasteiger partial charge in [-0.1, -0.05) is 0 Å². The Morgan fingerprint density at radius 1 is 0.348 bits per heavy atom. The summed E-state index contributed by atoms with van der Waals surface area (Å²) < 4.78 is 85.6. The molecule has 0 saturated carbocycles. The van der Waals surface area contributed by atoms with Crippen LogP contribution in [0.4, 0.5) is 4.79 Å². The highest BCUT2D eigenvalue weighted by Crippen LogP contribution is 2.39. The fourth-order valence-electron chi connectivity index (χ4n) is 11.6. The summed E-state index contributed by atoms with van der Waals surface area (Å²) in [6, 6.07) is -1.94. The topological polar surface area (TPSA) is 639 Å². The zero-order chi connectivity index (χ0) is 67.7. The van der Waals surface area contributed by atoms with Crippen molar-refractivity contribution in [3.63, 3.8) is 0 Å². The summed E-state index contributed by atoms with van der Waals surface area (Å²) in [6.45, 7) is -3.14. The monoisotopic (exact) mass is 1350 g/mol. The Labute approximate surface area is 520 Å². The maximum Gasteiger partial charge on any atom is 0.408 e. The van der Waals surface area contributed by atoms with Gasteiger partial charge in [-0.25, -0.2) is 9.59 Å². The van der Waals surface area contributed by atoms with Crippen molar-refractivity contribution in [2.75, 3.05) is 46.2 Å². The third-order valence-corrected chi connectivity index (χ3v) is 16.5. The van der Waals surface area contributed by atoms with Crippen molar-refractivity contribution in [1.29, 1.82) is 0 Å². The molecule has 92 heavy (non-hydrogen) atoms. The molecule has 21 saturated heterocycles. The predicted octanol–water partition coefficient (Wildman–Crippen LogP) is -14.7. The highest BCUT2D eigenvalue weighted by molar-refractivity contribution is 5.87. The quantitative estimate of drug-likeness (QED) is 0.0863. The van der Waals surface area contributed by atoms with Crippen LogP contribution in [0.25, 0.3) is 0 Å². The van der Waals surface area contributed by atoms with Gasteiger partial charge in [0, 0.05) is 6.54 Å². The van der Waals surface area contributed by atoms with Crippen LogP contribution in [-0.4, -0.2) is 398 Å². The summed E-state index contributed by atoms with van der Waals surface area (Å²) in [6.07, 6.45) is -75.9. The third-order valence-electron chi connectivity index (χ3n) is 16.5. The molecule has 41 heteroatoms. The van der Waals surface area contributed by atoms with Crippen molar-refractivity contribution >= 4 is 18.0 Å². The first-order valence-electron chi connectivity index (χ1n) is 29.2. The molecule has 21 aliphatic rings. The SMILES string of the molecule is CC(C)(C)OC(=O)NC(CC(=O)NC[C@H]1O[C@@H]2O[C@H]3[C@H](O)[C@@H](O)[C@@H](O[C@H]4[C@H](O)[C@@H](O)[C@@H](O[C@H]5[C@H](O)[C@@H](O)[C@@H](O[C@H]6[C@H](O)[C@@H](O)[C@@H](O[C@H]7[C@H](O)[C@@H](O)[C@@H](O[C@H]8[C@H](O)[C@@H](O)[C@@H](O[C@H]1[C@H](O)[C@H]2O)O[C@@H]8CO)O[C@@H]7CO)O[C@@H]6CO)O[C@@H]5CO)O[C@@H]4CO)O[C@@H]3CO)C(=O)O. The minimum Gasteiger partial charge on any atom is -0.480 e. The number of amides is 2. The number of aliphatic hydroxyl groups is 20. The molecule has 21 fully saturated rings. The Morgan fingerprint density at radius 2 is 0.554 bits per heavy atom. The van der Waals surface area contributed by atoms with Gasteiger partial charge >= 0.3 is 12.1 Å². The van der Waals surface area contributed by atoms with Crippen LogP contribution in [0.3, 0.4) is 0 Å². The molecular formula is C51H84N2O39. The van der Waals surface area contributed by atoms with Crippen molar-refractivity contribution in [2.45, 2.75) is 254 Å². The molecule has 1 unspecified atom stereocenters. The Morgan fingerprint density at radius 3 is 0.750 bits per heavy atom. The highest BCUT2D eigenvalue weighted by Gasteiger charge is 2.60. The summed E-state index contributed by atoms with van der Waals surface area (Å²) >= 11 is 0. The Kier molecular flexibility index (Phi) is 25.6. The van der Waals surface area contributed by atoms with Gasteiger partial charge in [-0.3, -0.25) is 4.79 Å². The number of aliphatic hydroxyl groups excluding tert-OH is 20. The van der Waals surface area contributed by atoms with Crippen LogP contribution in [0, 0.1) is 0 Å². The molecule has 532 valence electrons. The summed E-state index contributed by atoms with van der Waals surface area (Å²) in [7, 11) is 0. The van der Waals surface area contributed by atoms with Gasteiger partial charge in [-0.2, -0.15) is 0 Å². The second-order valence-corrected chi connectivity index (χ2v) is 24.0. The third kappa shape index (κ3) is 16.2. The minimum absolute atomic E-state index is 0.896. The molecule has 23 N–H and O–H groups in total. The lowest BCUT2D eigenvalue weighted by molar-refractivity contribution is -0.396. The number of hydrogen-bond donors (Lipinski definition) is 23. The number of alkyl carbamates (subject to hydrolysis) is 1. The van der Waals surface area contributed by atoms with E-state index in [4.69, 9.17) is 71.1 Å². The van der Waals surface area contributed by atoms with Gasteiger partial charge in [0.1, 0.15) is 183 Å². The fourth-order valence-corrected chi connectivity index (χ4v) is 11.6. The first kappa shape index (κ1) is 74.6. The van der Waals surface area contributed by atoms with E-state index in [2.05, 4.69) is 5.32 Å². The number of ether oxygens (including phenoxy) is 15. The zero-order valence-corrected chi connectivity index (χ0v) is 49.2. The average Bonchev–Trinajstić information content (AvgIpc) is 0.791. The van der Waals surface area contributed by atoms with Crippen LogP contribution in [0.2, 0.25) is 0 Å². The number of carboxylic acid groups (broad SMARTS) is 1. The number of aliphatic carboxylic acids is 1. The van der Waals surface area contributed by atoms with Crippen molar-refractivity contribution in [1.82, 2.24) is 10.6 Å². The zero-order valence-electron chi connectivity index (χ0n) is 49.2. The Bertz CT molecular complexity index is 2350. The largest absolute Gasteiger partial charge is 0.480 e. The van der Waals surface area contributed by atoms with Gasteiger partial charge in [0.25, 0.3) is 0 Å². The number of hydrogen-bond acceptors (Lipinski definition) is 38. The van der Waals surface area contributed by atoms with E-state index in [-0.39, 0.29) is 0 Å². The predicted molar refractivity (Wildman–Crippen MR) is 280 cm³/mol. The molecule has 36 atom stereocenters. The number of carbonyl (C=O) groups excluding carboxylic acids is 2. The molecule has 0 aromatic carbocycles. The molecule has 0 aromatic heterocycles. The first-order chi connectivity index (χ1) is 43.4. The van der Waals surface area contributed by atoms with E-state index in [9.17, 15) is 122 Å². The van der Waals surface area contributed by atoms with E-state index in [1.165, 1.54) is 20.8 Å². The van der Waals surface area contributed by atoms with E-state index in [0.717, 1.165) is 0 Å². The average molecular weight is 1350 g/mol. The van der Waals surface area contributed by atoms with Gasteiger partial charge in [-0.05, 0) is 20.8 Å². The normalized spacial score (nSPS) is 48.6. The van der Waals surface area contributed by atoms with E-state index in [1.807, 2.05) is 5.32 Å².